The van der Waals surface area contributed by atoms with Crippen molar-refractivity contribution >= 4 is 79.2 Å². The molecule has 12 rings (SSSR count). The molecular weight excluding hydrogens is 812 g/mol. The van der Waals surface area contributed by atoms with Crippen molar-refractivity contribution in [1.82, 2.24) is 0 Å². The summed E-state index contributed by atoms with van der Waals surface area (Å²) in [6.07, 6.45) is 4.74. The molecule has 3 heterocycles. The fourth-order valence-corrected chi connectivity index (χ4v) is 12.7. The second kappa shape index (κ2) is 14.0. The van der Waals surface area contributed by atoms with Crippen LogP contribution < -0.4 is 26.2 Å². The van der Waals surface area contributed by atoms with E-state index in [9.17, 15) is 0 Å². The lowest BCUT2D eigenvalue weighted by atomic mass is 9.33. The Kier molecular flexibility index (Phi) is 8.87. The van der Waals surface area contributed by atoms with Gasteiger partial charge in [0.15, 0.2) is 0 Å². The van der Waals surface area contributed by atoms with Gasteiger partial charge in [-0.25, -0.2) is 0 Å². The number of hydrogen-bond donors (Lipinski definition) is 0. The molecule has 0 saturated carbocycles. The number of benzene rings is 7. The first-order valence-corrected chi connectivity index (χ1v) is 25.0. The van der Waals surface area contributed by atoms with Gasteiger partial charge in [-0.1, -0.05) is 143 Å². The first-order chi connectivity index (χ1) is 31.7. The number of aryl methyl sites for hydroxylation is 1. The van der Waals surface area contributed by atoms with Crippen molar-refractivity contribution in [2.24, 2.45) is 0 Å². The number of fused-ring (bicyclic) bond motifs is 9. The van der Waals surface area contributed by atoms with Crippen molar-refractivity contribution in [3.63, 3.8) is 0 Å². The molecule has 1 aromatic heterocycles. The highest BCUT2D eigenvalue weighted by Crippen LogP contribution is 2.53. The highest BCUT2D eigenvalue weighted by atomic mass is 16.3. The molecule has 8 aromatic rings. The average Bonchev–Trinajstić information content (AvgIpc) is 3.68. The van der Waals surface area contributed by atoms with Crippen LogP contribution in [0.5, 0.6) is 0 Å². The molecule has 0 unspecified atom stereocenters. The average molecular weight is 877 g/mol. The molecule has 4 heteroatoms. The summed E-state index contributed by atoms with van der Waals surface area (Å²) in [4.78, 5) is 5.27. The topological polar surface area (TPSA) is 19.6 Å². The van der Waals surface area contributed by atoms with E-state index < -0.39 is 0 Å². The van der Waals surface area contributed by atoms with Gasteiger partial charge in [-0.15, -0.1) is 0 Å². The fraction of sp³-hybridized carbons (Fsp3) is 0.333. The highest BCUT2D eigenvalue weighted by molar-refractivity contribution is 7.00. The molecule has 7 aromatic carbocycles. The number of furan rings is 1. The third-order valence-corrected chi connectivity index (χ3v) is 17.0. The minimum Gasteiger partial charge on any atom is -0.456 e. The van der Waals surface area contributed by atoms with Gasteiger partial charge in [-0.05, 0) is 181 Å². The Morgan fingerprint density at radius 1 is 0.493 bits per heavy atom. The fourth-order valence-electron chi connectivity index (χ4n) is 12.7. The number of para-hydroxylation sites is 1. The summed E-state index contributed by atoms with van der Waals surface area (Å²) in [6.45, 7) is 29.1. The van der Waals surface area contributed by atoms with E-state index in [4.69, 9.17) is 4.42 Å². The lowest BCUT2D eigenvalue weighted by Crippen LogP contribution is -2.62. The van der Waals surface area contributed by atoms with Gasteiger partial charge in [0.2, 0.25) is 0 Å². The highest BCUT2D eigenvalue weighted by Gasteiger charge is 2.47. The smallest absolute Gasteiger partial charge is 0.252 e. The molecule has 0 N–H and O–H groups in total. The van der Waals surface area contributed by atoms with Crippen LogP contribution in [0.2, 0.25) is 0 Å². The van der Waals surface area contributed by atoms with Crippen molar-refractivity contribution < 1.29 is 4.42 Å². The number of anilines is 6. The van der Waals surface area contributed by atoms with Gasteiger partial charge in [-0.3, -0.25) is 0 Å². The molecule has 0 amide bonds. The monoisotopic (exact) mass is 877 g/mol. The summed E-state index contributed by atoms with van der Waals surface area (Å²) in [7, 11) is 0. The molecule has 0 saturated heterocycles. The van der Waals surface area contributed by atoms with E-state index in [0.717, 1.165) is 22.2 Å². The van der Waals surface area contributed by atoms with Gasteiger partial charge in [0.1, 0.15) is 11.2 Å². The summed E-state index contributed by atoms with van der Waals surface area (Å²) in [5, 5.41) is 2.32. The lowest BCUT2D eigenvalue weighted by Gasteiger charge is -2.48. The summed E-state index contributed by atoms with van der Waals surface area (Å²) >= 11 is 0. The zero-order valence-electron chi connectivity index (χ0n) is 41.8. The van der Waals surface area contributed by atoms with Crippen LogP contribution in [0.3, 0.4) is 0 Å². The molecule has 3 nitrogen and oxygen atoms in total. The van der Waals surface area contributed by atoms with Gasteiger partial charge in [0.25, 0.3) is 6.71 Å². The number of hydrogen-bond acceptors (Lipinski definition) is 3. The lowest BCUT2D eigenvalue weighted by molar-refractivity contribution is 0.332. The van der Waals surface area contributed by atoms with Crippen LogP contribution in [0.15, 0.2) is 132 Å². The molecule has 0 fully saturated rings. The Bertz CT molecular complexity index is 3370. The van der Waals surface area contributed by atoms with Gasteiger partial charge < -0.3 is 14.2 Å². The van der Waals surface area contributed by atoms with E-state index in [2.05, 4.69) is 220 Å². The van der Waals surface area contributed by atoms with E-state index in [0.29, 0.717) is 0 Å². The minimum atomic E-state index is -0.0284. The van der Waals surface area contributed by atoms with Gasteiger partial charge in [0.05, 0.1) is 0 Å². The first kappa shape index (κ1) is 42.4. The molecule has 2 aliphatic carbocycles. The molecule has 0 radical (unpaired) electrons. The van der Waals surface area contributed by atoms with Crippen LogP contribution in [0, 0.1) is 6.92 Å². The molecule has 67 heavy (non-hydrogen) atoms. The van der Waals surface area contributed by atoms with Crippen LogP contribution in [0.4, 0.5) is 34.1 Å². The van der Waals surface area contributed by atoms with E-state index in [1.807, 2.05) is 0 Å². The zero-order valence-corrected chi connectivity index (χ0v) is 41.8. The van der Waals surface area contributed by atoms with E-state index in [1.54, 1.807) is 0 Å². The zero-order chi connectivity index (χ0) is 46.7. The predicted octanol–water partition coefficient (Wildman–Crippen LogP) is 15.6. The van der Waals surface area contributed by atoms with Crippen molar-refractivity contribution in [3.05, 3.63) is 161 Å². The van der Waals surface area contributed by atoms with Crippen LogP contribution in [0.1, 0.15) is 135 Å². The molecule has 2 aliphatic heterocycles. The SMILES string of the molecule is Cc1cc2c3c(c1)N(c1ccc4c(c1)C(C)(C)CCC4(C)C)c1cc4c(cc1B3c1ccc(C(C)(C)C)cc1N2c1ccc(-c2cccc3oc5ccccc5c23)cc1)C(C)(C)CCC4(C)C. The molecular formula is C63H65BN2O. The Balaban J connectivity index is 1.12. The number of rotatable bonds is 3. The quantitative estimate of drug-likeness (QED) is 0.165. The third kappa shape index (κ3) is 6.30. The summed E-state index contributed by atoms with van der Waals surface area (Å²) in [5.74, 6) is 0. The largest absolute Gasteiger partial charge is 0.456 e. The van der Waals surface area contributed by atoms with Crippen LogP contribution in [0.25, 0.3) is 33.1 Å². The molecule has 0 bridgehead atoms. The molecule has 4 aliphatic rings. The maximum absolute atomic E-state index is 6.35. The predicted molar refractivity (Wildman–Crippen MR) is 287 cm³/mol. The molecule has 336 valence electrons. The van der Waals surface area contributed by atoms with Crippen molar-refractivity contribution in [3.8, 4) is 11.1 Å². The van der Waals surface area contributed by atoms with Gasteiger partial charge in [-0.2, -0.15) is 0 Å². The Morgan fingerprint density at radius 2 is 1.06 bits per heavy atom. The van der Waals surface area contributed by atoms with Crippen molar-refractivity contribution in [2.45, 2.75) is 136 Å². The second-order valence-electron chi connectivity index (χ2n) is 24.4. The molecule has 0 atom stereocenters. The standard InChI is InChI=1S/C63H65BN2O/c1-38-32-53-58-54(33-38)66(42-25-26-45-46(35-42)61(7,8)29-28-60(45,5)6)52-37-48-47(62(9,10)30-31-63(48,11)12)36-50(52)64(58)49-27-22-40(59(2,3)4)34-51(49)65(53)41-23-20-39(21-24-41)43-17-15-19-56-57(43)44-16-13-14-18-55(44)67-56/h13-27,32-37H,28-31H2,1-12H3. The van der Waals surface area contributed by atoms with Gasteiger partial charge >= 0.3 is 0 Å². The Morgan fingerprint density at radius 3 is 1.73 bits per heavy atom. The summed E-state index contributed by atoms with van der Waals surface area (Å²) in [6, 6.07) is 49.4. The van der Waals surface area contributed by atoms with E-state index in [-0.39, 0.29) is 33.8 Å². The van der Waals surface area contributed by atoms with Crippen LogP contribution >= 0.6 is 0 Å². The summed E-state index contributed by atoms with van der Waals surface area (Å²) in [5.41, 5.74) is 24.9. The normalized spacial score (nSPS) is 18.3. The van der Waals surface area contributed by atoms with Crippen LogP contribution in [-0.4, -0.2) is 6.71 Å². The maximum Gasteiger partial charge on any atom is 0.252 e. The van der Waals surface area contributed by atoms with Crippen molar-refractivity contribution in [1.29, 1.82) is 0 Å². The summed E-state index contributed by atoms with van der Waals surface area (Å²) < 4.78 is 6.35. The van der Waals surface area contributed by atoms with Crippen LogP contribution in [-0.2, 0) is 27.1 Å². The van der Waals surface area contributed by atoms with Crippen molar-refractivity contribution in [2.75, 3.05) is 9.80 Å². The third-order valence-electron chi connectivity index (χ3n) is 17.0. The second-order valence-corrected chi connectivity index (χ2v) is 24.4. The van der Waals surface area contributed by atoms with E-state index in [1.165, 1.54) is 120 Å². The Hall–Kier alpha value is -6.00. The first-order valence-electron chi connectivity index (χ1n) is 25.0. The Labute approximate surface area is 399 Å². The maximum atomic E-state index is 6.35. The molecule has 0 spiro atoms. The van der Waals surface area contributed by atoms with E-state index >= 15 is 0 Å². The van der Waals surface area contributed by atoms with Gasteiger partial charge in [0, 0.05) is 44.9 Å². The minimum absolute atomic E-state index is 0.0284. The number of nitrogens with zero attached hydrogens (tertiary/aromatic N) is 2.